The lowest BCUT2D eigenvalue weighted by Crippen LogP contribution is -2.39. The van der Waals surface area contributed by atoms with Gasteiger partial charge in [0.05, 0.1) is 6.10 Å². The molecule has 1 aromatic carbocycles. The van der Waals surface area contributed by atoms with E-state index in [2.05, 4.69) is 5.32 Å². The Morgan fingerprint density at radius 2 is 1.75 bits per heavy atom. The van der Waals surface area contributed by atoms with Crippen molar-refractivity contribution < 1.29 is 9.53 Å². The Morgan fingerprint density at radius 3 is 2.30 bits per heavy atom. The molecule has 1 N–H and O–H groups in total. The van der Waals surface area contributed by atoms with Gasteiger partial charge in [-0.1, -0.05) is 0 Å². The topological polar surface area (TPSA) is 41.6 Å². The zero-order valence-electron chi connectivity index (χ0n) is 12.6. The Balaban J connectivity index is 1.90. The third-order valence-corrected chi connectivity index (χ3v) is 3.40. The van der Waals surface area contributed by atoms with Gasteiger partial charge in [-0.2, -0.15) is 0 Å². The van der Waals surface area contributed by atoms with Gasteiger partial charge in [-0.05, 0) is 57.9 Å². The standard InChI is InChI=1S/C16H24N2O2/c1-12(2)20-15-8-6-14(7-9-15)17-13(3)16(19)18-10-4-5-11-18/h6-9,12-13,17H,4-5,10-11H2,1-3H3/t13-/m0/s1. The van der Waals surface area contributed by atoms with Crippen LogP contribution in [0.15, 0.2) is 24.3 Å². The monoisotopic (exact) mass is 276 g/mol. The zero-order chi connectivity index (χ0) is 14.5. The summed E-state index contributed by atoms with van der Waals surface area (Å²) in [6, 6.07) is 7.56. The van der Waals surface area contributed by atoms with E-state index in [1.807, 2.05) is 49.9 Å². The number of carbonyl (C=O) groups is 1. The number of hydrogen-bond acceptors (Lipinski definition) is 3. The van der Waals surface area contributed by atoms with Crippen LogP contribution in [-0.4, -0.2) is 36.0 Å². The lowest BCUT2D eigenvalue weighted by atomic mass is 10.2. The smallest absolute Gasteiger partial charge is 0.244 e. The average Bonchev–Trinajstić information content (AvgIpc) is 2.93. The van der Waals surface area contributed by atoms with E-state index in [1.54, 1.807) is 0 Å². The second-order valence-corrected chi connectivity index (χ2v) is 5.59. The Kier molecular flexibility index (Phi) is 4.88. The van der Waals surface area contributed by atoms with Gasteiger partial charge in [0.25, 0.3) is 0 Å². The predicted molar refractivity (Wildman–Crippen MR) is 81.1 cm³/mol. The van der Waals surface area contributed by atoms with Crippen molar-refractivity contribution in [3.05, 3.63) is 24.3 Å². The molecule has 110 valence electrons. The summed E-state index contributed by atoms with van der Waals surface area (Å²) in [7, 11) is 0. The van der Waals surface area contributed by atoms with E-state index in [9.17, 15) is 4.79 Å². The van der Waals surface area contributed by atoms with E-state index >= 15 is 0 Å². The fourth-order valence-corrected chi connectivity index (χ4v) is 2.43. The second kappa shape index (κ2) is 6.64. The van der Waals surface area contributed by atoms with Gasteiger partial charge in [-0.15, -0.1) is 0 Å². The molecule has 1 atom stereocenters. The largest absolute Gasteiger partial charge is 0.491 e. The Labute approximate surface area is 121 Å². The van der Waals surface area contributed by atoms with E-state index in [0.29, 0.717) is 0 Å². The molecule has 0 saturated carbocycles. The van der Waals surface area contributed by atoms with Crippen LogP contribution in [0.3, 0.4) is 0 Å². The van der Waals surface area contributed by atoms with Gasteiger partial charge in [0.15, 0.2) is 0 Å². The maximum atomic E-state index is 12.2. The fraction of sp³-hybridized carbons (Fsp3) is 0.562. The van der Waals surface area contributed by atoms with E-state index < -0.39 is 0 Å². The molecule has 0 aromatic heterocycles. The fourth-order valence-electron chi connectivity index (χ4n) is 2.43. The molecule has 0 unspecified atom stereocenters. The number of amides is 1. The maximum absolute atomic E-state index is 12.2. The molecule has 1 heterocycles. The van der Waals surface area contributed by atoms with Crippen LogP contribution in [0, 0.1) is 0 Å². The van der Waals surface area contributed by atoms with Crippen molar-refractivity contribution >= 4 is 11.6 Å². The number of nitrogens with one attached hydrogen (secondary N) is 1. The number of hydrogen-bond donors (Lipinski definition) is 1. The number of anilines is 1. The molecule has 0 bridgehead atoms. The van der Waals surface area contributed by atoms with Gasteiger partial charge in [-0.25, -0.2) is 0 Å². The first-order chi connectivity index (χ1) is 9.56. The van der Waals surface area contributed by atoms with Crippen LogP contribution in [0.2, 0.25) is 0 Å². The summed E-state index contributed by atoms with van der Waals surface area (Å²) in [6.45, 7) is 7.71. The summed E-state index contributed by atoms with van der Waals surface area (Å²) < 4.78 is 5.60. The first-order valence-electron chi connectivity index (χ1n) is 7.38. The van der Waals surface area contributed by atoms with Crippen molar-refractivity contribution in [1.82, 2.24) is 4.90 Å². The molecule has 0 spiro atoms. The molecule has 1 aliphatic rings. The van der Waals surface area contributed by atoms with E-state index in [-0.39, 0.29) is 18.1 Å². The molecular weight excluding hydrogens is 252 g/mol. The van der Waals surface area contributed by atoms with Gasteiger partial charge in [0.1, 0.15) is 11.8 Å². The molecule has 2 rings (SSSR count). The van der Waals surface area contributed by atoms with Crippen LogP contribution in [-0.2, 0) is 4.79 Å². The van der Waals surface area contributed by atoms with Crippen LogP contribution in [0.1, 0.15) is 33.6 Å². The SMILES string of the molecule is CC(C)Oc1ccc(N[C@@H](C)C(=O)N2CCCC2)cc1. The predicted octanol–water partition coefficient (Wildman–Crippen LogP) is 2.90. The molecule has 1 aliphatic heterocycles. The molecular formula is C16H24N2O2. The number of nitrogens with zero attached hydrogens (tertiary/aromatic N) is 1. The average molecular weight is 276 g/mol. The van der Waals surface area contributed by atoms with Crippen LogP contribution < -0.4 is 10.1 Å². The molecule has 1 amide bonds. The summed E-state index contributed by atoms with van der Waals surface area (Å²) in [5.41, 5.74) is 0.946. The van der Waals surface area contributed by atoms with Gasteiger partial charge in [-0.3, -0.25) is 4.79 Å². The molecule has 4 heteroatoms. The van der Waals surface area contributed by atoms with Crippen LogP contribution in [0.25, 0.3) is 0 Å². The van der Waals surface area contributed by atoms with Gasteiger partial charge >= 0.3 is 0 Å². The summed E-state index contributed by atoms with van der Waals surface area (Å²) in [5.74, 6) is 1.04. The Bertz CT molecular complexity index is 436. The summed E-state index contributed by atoms with van der Waals surface area (Å²) in [4.78, 5) is 14.1. The maximum Gasteiger partial charge on any atom is 0.244 e. The number of ether oxygens (including phenoxy) is 1. The minimum Gasteiger partial charge on any atom is -0.491 e. The molecule has 0 aliphatic carbocycles. The zero-order valence-corrected chi connectivity index (χ0v) is 12.6. The molecule has 20 heavy (non-hydrogen) atoms. The first-order valence-corrected chi connectivity index (χ1v) is 7.38. The van der Waals surface area contributed by atoms with E-state index in [4.69, 9.17) is 4.74 Å². The molecule has 1 fully saturated rings. The molecule has 4 nitrogen and oxygen atoms in total. The minimum atomic E-state index is -0.190. The lowest BCUT2D eigenvalue weighted by Gasteiger charge is -2.22. The lowest BCUT2D eigenvalue weighted by molar-refractivity contribution is -0.130. The third-order valence-electron chi connectivity index (χ3n) is 3.40. The summed E-state index contributed by atoms with van der Waals surface area (Å²) >= 11 is 0. The van der Waals surface area contributed by atoms with Crippen molar-refractivity contribution in [2.24, 2.45) is 0 Å². The van der Waals surface area contributed by atoms with Gasteiger partial charge < -0.3 is 15.0 Å². The highest BCUT2D eigenvalue weighted by atomic mass is 16.5. The summed E-state index contributed by atoms with van der Waals surface area (Å²) in [6.07, 6.45) is 2.42. The van der Waals surface area contributed by atoms with Crippen LogP contribution in [0.5, 0.6) is 5.75 Å². The van der Waals surface area contributed by atoms with E-state index in [0.717, 1.165) is 37.4 Å². The molecule has 1 saturated heterocycles. The number of benzene rings is 1. The highest BCUT2D eigenvalue weighted by Gasteiger charge is 2.22. The third kappa shape index (κ3) is 3.89. The van der Waals surface area contributed by atoms with Crippen molar-refractivity contribution in [2.75, 3.05) is 18.4 Å². The molecule has 0 radical (unpaired) electrons. The van der Waals surface area contributed by atoms with Crippen molar-refractivity contribution in [1.29, 1.82) is 0 Å². The van der Waals surface area contributed by atoms with Crippen LogP contribution in [0.4, 0.5) is 5.69 Å². The number of likely N-dealkylation sites (tertiary alicyclic amines) is 1. The van der Waals surface area contributed by atoms with Gasteiger partial charge in [0, 0.05) is 18.8 Å². The quantitative estimate of drug-likeness (QED) is 0.899. The number of carbonyl (C=O) groups excluding carboxylic acids is 1. The Hall–Kier alpha value is -1.71. The second-order valence-electron chi connectivity index (χ2n) is 5.59. The first kappa shape index (κ1) is 14.7. The molecule has 1 aromatic rings. The Morgan fingerprint density at radius 1 is 1.15 bits per heavy atom. The van der Waals surface area contributed by atoms with Crippen molar-refractivity contribution in [3.63, 3.8) is 0 Å². The van der Waals surface area contributed by atoms with Crippen molar-refractivity contribution in [3.8, 4) is 5.75 Å². The normalized spacial score (nSPS) is 16.3. The highest BCUT2D eigenvalue weighted by Crippen LogP contribution is 2.18. The van der Waals surface area contributed by atoms with Crippen LogP contribution >= 0.6 is 0 Å². The minimum absolute atomic E-state index is 0.171. The number of rotatable bonds is 5. The summed E-state index contributed by atoms with van der Waals surface area (Å²) in [5, 5.41) is 3.25. The van der Waals surface area contributed by atoms with E-state index in [1.165, 1.54) is 0 Å². The van der Waals surface area contributed by atoms with Crippen molar-refractivity contribution in [2.45, 2.75) is 45.8 Å². The highest BCUT2D eigenvalue weighted by molar-refractivity contribution is 5.84. The van der Waals surface area contributed by atoms with Gasteiger partial charge in [0.2, 0.25) is 5.91 Å².